The molecular formula is C12H14O2. The highest BCUT2D eigenvalue weighted by atomic mass is 16.6. The van der Waals surface area contributed by atoms with Crippen molar-refractivity contribution >= 4 is 5.97 Å². The molecule has 1 aromatic rings. The first kappa shape index (κ1) is 9.25. The van der Waals surface area contributed by atoms with Gasteiger partial charge in [0.05, 0.1) is 0 Å². The first-order valence-electron chi connectivity index (χ1n) is 4.90. The Labute approximate surface area is 83.9 Å². The summed E-state index contributed by atoms with van der Waals surface area (Å²) in [6.45, 7) is 3.58. The van der Waals surface area contributed by atoms with Crippen molar-refractivity contribution in [2.75, 3.05) is 0 Å². The Kier molecular flexibility index (Phi) is 2.06. The molecule has 1 aliphatic rings. The van der Waals surface area contributed by atoms with E-state index in [0.717, 1.165) is 12.0 Å². The fourth-order valence-electron chi connectivity index (χ4n) is 1.98. The Balaban J connectivity index is 2.27. The standard InChI is InChI=1S/C12H14O2/c1-9-8-12(9,14-10(2)13)11-6-4-3-5-7-11/h3-7,9H,8H2,1-2H3. The summed E-state index contributed by atoms with van der Waals surface area (Å²) < 4.78 is 5.41. The Morgan fingerprint density at radius 1 is 1.43 bits per heavy atom. The summed E-state index contributed by atoms with van der Waals surface area (Å²) in [4.78, 5) is 11.0. The van der Waals surface area contributed by atoms with Crippen molar-refractivity contribution in [2.24, 2.45) is 5.92 Å². The SMILES string of the molecule is CC(=O)OC1(c2ccccc2)CC1C. The van der Waals surface area contributed by atoms with Crippen LogP contribution in [0.15, 0.2) is 30.3 Å². The molecule has 0 bridgehead atoms. The second-order valence-corrected chi connectivity index (χ2v) is 3.95. The number of carbonyl (C=O) groups excluding carboxylic acids is 1. The Morgan fingerprint density at radius 3 is 2.43 bits per heavy atom. The molecule has 2 heteroatoms. The van der Waals surface area contributed by atoms with Crippen molar-refractivity contribution in [3.8, 4) is 0 Å². The Hall–Kier alpha value is -1.31. The van der Waals surface area contributed by atoms with Gasteiger partial charge in [0.2, 0.25) is 0 Å². The van der Waals surface area contributed by atoms with Crippen molar-refractivity contribution in [3.05, 3.63) is 35.9 Å². The molecule has 2 unspecified atom stereocenters. The third-order valence-electron chi connectivity index (χ3n) is 2.83. The summed E-state index contributed by atoms with van der Waals surface area (Å²) in [7, 11) is 0. The number of hydrogen-bond donors (Lipinski definition) is 0. The molecule has 1 fully saturated rings. The average molecular weight is 190 g/mol. The summed E-state index contributed by atoms with van der Waals surface area (Å²) in [5.74, 6) is 0.243. The van der Waals surface area contributed by atoms with Gasteiger partial charge in [-0.1, -0.05) is 37.3 Å². The molecule has 0 N–H and O–H groups in total. The van der Waals surface area contributed by atoms with Crippen molar-refractivity contribution in [1.29, 1.82) is 0 Å². The largest absolute Gasteiger partial charge is 0.454 e. The number of hydrogen-bond acceptors (Lipinski definition) is 2. The van der Waals surface area contributed by atoms with Crippen LogP contribution in [0.3, 0.4) is 0 Å². The van der Waals surface area contributed by atoms with Crippen LogP contribution in [0, 0.1) is 5.92 Å². The lowest BCUT2D eigenvalue weighted by Crippen LogP contribution is -2.17. The van der Waals surface area contributed by atoms with Crippen molar-refractivity contribution < 1.29 is 9.53 Å². The van der Waals surface area contributed by atoms with Gasteiger partial charge in [-0.15, -0.1) is 0 Å². The summed E-state index contributed by atoms with van der Waals surface area (Å²) in [5.41, 5.74) is 0.787. The molecule has 0 spiro atoms. The highest BCUT2D eigenvalue weighted by Crippen LogP contribution is 2.54. The minimum atomic E-state index is -0.326. The molecule has 0 heterocycles. The van der Waals surface area contributed by atoms with E-state index in [2.05, 4.69) is 6.92 Å². The third-order valence-corrected chi connectivity index (χ3v) is 2.83. The molecule has 2 nitrogen and oxygen atoms in total. The molecule has 74 valence electrons. The van der Waals surface area contributed by atoms with Gasteiger partial charge in [-0.05, 0) is 12.0 Å². The van der Waals surface area contributed by atoms with E-state index in [1.165, 1.54) is 6.92 Å². The highest BCUT2D eigenvalue weighted by molar-refractivity contribution is 5.67. The van der Waals surface area contributed by atoms with Crippen LogP contribution in [0.4, 0.5) is 0 Å². The Bertz CT molecular complexity index is 345. The number of rotatable bonds is 2. The molecule has 2 atom stereocenters. The predicted molar refractivity (Wildman–Crippen MR) is 53.7 cm³/mol. The van der Waals surface area contributed by atoms with E-state index >= 15 is 0 Å². The molecule has 1 aliphatic carbocycles. The van der Waals surface area contributed by atoms with E-state index in [1.54, 1.807) is 0 Å². The zero-order valence-corrected chi connectivity index (χ0v) is 8.49. The van der Waals surface area contributed by atoms with Gasteiger partial charge in [0, 0.05) is 12.8 Å². The van der Waals surface area contributed by atoms with Crippen LogP contribution in [-0.4, -0.2) is 5.97 Å². The van der Waals surface area contributed by atoms with E-state index in [9.17, 15) is 4.79 Å². The van der Waals surface area contributed by atoms with E-state index < -0.39 is 0 Å². The number of benzene rings is 1. The highest BCUT2D eigenvalue weighted by Gasteiger charge is 2.55. The quantitative estimate of drug-likeness (QED) is 0.670. The molecule has 2 rings (SSSR count). The van der Waals surface area contributed by atoms with E-state index in [0.29, 0.717) is 5.92 Å². The molecule has 0 amide bonds. The zero-order valence-electron chi connectivity index (χ0n) is 8.49. The summed E-state index contributed by atoms with van der Waals surface area (Å²) >= 11 is 0. The van der Waals surface area contributed by atoms with Crippen molar-refractivity contribution in [1.82, 2.24) is 0 Å². The van der Waals surface area contributed by atoms with Crippen LogP contribution >= 0.6 is 0 Å². The number of carbonyl (C=O) groups is 1. The molecule has 1 aromatic carbocycles. The van der Waals surface area contributed by atoms with E-state index in [1.807, 2.05) is 30.3 Å². The molecule has 1 saturated carbocycles. The molecular weight excluding hydrogens is 176 g/mol. The molecule has 0 radical (unpaired) electrons. The van der Waals surface area contributed by atoms with E-state index in [-0.39, 0.29) is 11.6 Å². The molecule has 14 heavy (non-hydrogen) atoms. The fourth-order valence-corrected chi connectivity index (χ4v) is 1.98. The average Bonchev–Trinajstić information content (AvgIpc) is 2.78. The first-order chi connectivity index (χ1) is 6.65. The number of esters is 1. The normalized spacial score (nSPS) is 29.7. The summed E-state index contributed by atoms with van der Waals surface area (Å²) in [6.07, 6.45) is 0.941. The Morgan fingerprint density at radius 2 is 2.00 bits per heavy atom. The minimum absolute atomic E-state index is 0.196. The van der Waals surface area contributed by atoms with Gasteiger partial charge < -0.3 is 4.74 Å². The topological polar surface area (TPSA) is 26.3 Å². The van der Waals surface area contributed by atoms with Crippen molar-refractivity contribution in [2.45, 2.75) is 25.9 Å². The van der Waals surface area contributed by atoms with Crippen LogP contribution in [0.2, 0.25) is 0 Å². The second kappa shape index (κ2) is 3.12. The van der Waals surface area contributed by atoms with Crippen LogP contribution < -0.4 is 0 Å². The van der Waals surface area contributed by atoms with Gasteiger partial charge >= 0.3 is 5.97 Å². The van der Waals surface area contributed by atoms with Gasteiger partial charge in [0.1, 0.15) is 5.60 Å². The molecule has 0 aliphatic heterocycles. The lowest BCUT2D eigenvalue weighted by atomic mass is 10.1. The molecule has 0 saturated heterocycles. The van der Waals surface area contributed by atoms with E-state index in [4.69, 9.17) is 4.74 Å². The van der Waals surface area contributed by atoms with Gasteiger partial charge in [-0.2, -0.15) is 0 Å². The smallest absolute Gasteiger partial charge is 0.303 e. The summed E-state index contributed by atoms with van der Waals surface area (Å²) in [5, 5.41) is 0. The van der Waals surface area contributed by atoms with Crippen LogP contribution in [0.25, 0.3) is 0 Å². The first-order valence-corrected chi connectivity index (χ1v) is 4.90. The lowest BCUT2D eigenvalue weighted by Gasteiger charge is -2.17. The predicted octanol–water partition coefficient (Wildman–Crippen LogP) is 2.48. The lowest BCUT2D eigenvalue weighted by molar-refractivity contribution is -0.150. The maximum atomic E-state index is 11.0. The van der Waals surface area contributed by atoms with Gasteiger partial charge in [0.15, 0.2) is 0 Å². The van der Waals surface area contributed by atoms with Gasteiger partial charge in [0.25, 0.3) is 0 Å². The van der Waals surface area contributed by atoms with Crippen LogP contribution in [0.1, 0.15) is 25.8 Å². The third kappa shape index (κ3) is 1.41. The second-order valence-electron chi connectivity index (χ2n) is 3.95. The zero-order chi connectivity index (χ0) is 10.2. The van der Waals surface area contributed by atoms with Gasteiger partial charge in [-0.3, -0.25) is 4.79 Å². The maximum absolute atomic E-state index is 11.0. The fraction of sp³-hybridized carbons (Fsp3) is 0.417. The van der Waals surface area contributed by atoms with Crippen LogP contribution in [0.5, 0.6) is 0 Å². The summed E-state index contributed by atoms with van der Waals surface area (Å²) in [6, 6.07) is 9.97. The minimum Gasteiger partial charge on any atom is -0.454 e. The monoisotopic (exact) mass is 190 g/mol. The molecule has 0 aromatic heterocycles. The maximum Gasteiger partial charge on any atom is 0.303 e. The van der Waals surface area contributed by atoms with Gasteiger partial charge in [-0.25, -0.2) is 0 Å². The van der Waals surface area contributed by atoms with Crippen LogP contribution in [-0.2, 0) is 15.1 Å². The number of ether oxygens (including phenoxy) is 1. The van der Waals surface area contributed by atoms with Crippen molar-refractivity contribution in [3.63, 3.8) is 0 Å².